The van der Waals surface area contributed by atoms with Gasteiger partial charge in [-0.3, -0.25) is 4.79 Å². The number of nitrogens with zero attached hydrogens (tertiary/aromatic N) is 1. The largest absolute Gasteiger partial charge is 0.394 e. The molecule has 4 aromatic rings. The van der Waals surface area contributed by atoms with Gasteiger partial charge >= 0.3 is 0 Å². The average molecular weight is 278 g/mol. The van der Waals surface area contributed by atoms with Crippen molar-refractivity contribution in [3.8, 4) is 0 Å². The van der Waals surface area contributed by atoms with Gasteiger partial charge in [0, 0.05) is 10.9 Å². The van der Waals surface area contributed by atoms with Crippen LogP contribution >= 0.6 is 0 Å². The predicted octanol–water partition coefficient (Wildman–Crippen LogP) is 2.67. The molecule has 0 spiro atoms. The first-order valence-corrected chi connectivity index (χ1v) is 6.50. The smallest absolute Gasteiger partial charge is 0.271 e. The number of nitrogen functional groups attached to an aromatic ring is 1. The fourth-order valence-corrected chi connectivity index (χ4v) is 2.04. The number of para-hydroxylation sites is 3. The van der Waals surface area contributed by atoms with Crippen LogP contribution in [0.4, 0.5) is 5.69 Å². The van der Waals surface area contributed by atoms with Gasteiger partial charge in [-0.2, -0.15) is 0 Å². The zero-order valence-corrected chi connectivity index (χ0v) is 11.2. The fraction of sp³-hybridized carbons (Fsp3) is 0. The summed E-state index contributed by atoms with van der Waals surface area (Å²) in [6, 6.07) is 17.1. The summed E-state index contributed by atoms with van der Waals surface area (Å²) < 4.78 is 0. The maximum Gasteiger partial charge on any atom is 0.271 e. The molecule has 0 aliphatic rings. The SMILES string of the molecule is Nc1cc2ccccc2[nH]c1=O.c1ccc2[nH]cnc2c1. The first-order chi connectivity index (χ1) is 10.2. The van der Waals surface area contributed by atoms with E-state index in [0.29, 0.717) is 0 Å². The second kappa shape index (κ2) is 5.50. The quantitative estimate of drug-likeness (QED) is 0.462. The molecule has 2 heterocycles. The molecule has 0 saturated heterocycles. The molecule has 0 bridgehead atoms. The Morgan fingerprint density at radius 1 is 0.952 bits per heavy atom. The molecule has 0 atom stereocenters. The van der Waals surface area contributed by atoms with Crippen molar-refractivity contribution in [3.05, 3.63) is 71.3 Å². The Morgan fingerprint density at radius 2 is 1.67 bits per heavy atom. The lowest BCUT2D eigenvalue weighted by Crippen LogP contribution is -2.10. The maximum atomic E-state index is 11.1. The average Bonchev–Trinajstić information content (AvgIpc) is 2.97. The van der Waals surface area contributed by atoms with Crippen molar-refractivity contribution in [2.45, 2.75) is 0 Å². The predicted molar refractivity (Wildman–Crippen MR) is 85.1 cm³/mol. The number of pyridine rings is 1. The van der Waals surface area contributed by atoms with E-state index >= 15 is 0 Å². The molecule has 2 aromatic heterocycles. The molecule has 0 radical (unpaired) electrons. The number of fused-ring (bicyclic) bond motifs is 2. The summed E-state index contributed by atoms with van der Waals surface area (Å²) in [5, 5.41) is 0.953. The number of imidazole rings is 1. The number of H-pyrrole nitrogens is 2. The minimum absolute atomic E-state index is 0.228. The van der Waals surface area contributed by atoms with E-state index in [-0.39, 0.29) is 11.2 Å². The summed E-state index contributed by atoms with van der Waals surface area (Å²) in [5.41, 5.74) is 8.41. The van der Waals surface area contributed by atoms with Crippen LogP contribution in [0.25, 0.3) is 21.9 Å². The van der Waals surface area contributed by atoms with Crippen LogP contribution in [0.2, 0.25) is 0 Å². The molecule has 5 heteroatoms. The van der Waals surface area contributed by atoms with Gasteiger partial charge in [-0.1, -0.05) is 30.3 Å². The minimum atomic E-state index is -0.228. The van der Waals surface area contributed by atoms with Gasteiger partial charge in [-0.15, -0.1) is 0 Å². The van der Waals surface area contributed by atoms with E-state index in [2.05, 4.69) is 15.0 Å². The first-order valence-electron chi connectivity index (χ1n) is 6.50. The molecule has 4 N–H and O–H groups in total. The Balaban J connectivity index is 0.000000131. The molecule has 0 amide bonds. The summed E-state index contributed by atoms with van der Waals surface area (Å²) in [6.07, 6.45) is 1.70. The monoisotopic (exact) mass is 278 g/mol. The second-order valence-corrected chi connectivity index (χ2v) is 4.56. The highest BCUT2D eigenvalue weighted by atomic mass is 16.1. The Kier molecular flexibility index (Phi) is 3.39. The first kappa shape index (κ1) is 12.9. The number of nitrogens with one attached hydrogen (secondary N) is 2. The van der Waals surface area contributed by atoms with Gasteiger partial charge in [0.25, 0.3) is 5.56 Å². The molecule has 2 aromatic carbocycles. The van der Waals surface area contributed by atoms with Gasteiger partial charge in [0.15, 0.2) is 0 Å². The fourth-order valence-electron chi connectivity index (χ4n) is 2.04. The van der Waals surface area contributed by atoms with Crippen LogP contribution in [0.3, 0.4) is 0 Å². The topological polar surface area (TPSA) is 87.6 Å². The molecule has 4 rings (SSSR count). The molecule has 104 valence electrons. The van der Waals surface area contributed by atoms with Gasteiger partial charge in [0.1, 0.15) is 0 Å². The number of anilines is 1. The highest BCUT2D eigenvalue weighted by Gasteiger charge is 1.96. The Labute approximate surface area is 120 Å². The van der Waals surface area contributed by atoms with Crippen molar-refractivity contribution in [2.75, 3.05) is 5.73 Å². The number of hydrogen-bond donors (Lipinski definition) is 3. The van der Waals surface area contributed by atoms with E-state index in [9.17, 15) is 4.79 Å². The summed E-state index contributed by atoms with van der Waals surface area (Å²) in [6.45, 7) is 0. The van der Waals surface area contributed by atoms with Crippen molar-refractivity contribution in [3.63, 3.8) is 0 Å². The molecule has 0 aliphatic heterocycles. The molecule has 0 saturated carbocycles. The van der Waals surface area contributed by atoms with Gasteiger partial charge < -0.3 is 15.7 Å². The second-order valence-electron chi connectivity index (χ2n) is 4.56. The van der Waals surface area contributed by atoms with Crippen LogP contribution < -0.4 is 11.3 Å². The zero-order valence-electron chi connectivity index (χ0n) is 11.2. The van der Waals surface area contributed by atoms with Crippen LogP contribution in [0.1, 0.15) is 0 Å². The van der Waals surface area contributed by atoms with E-state index in [1.54, 1.807) is 12.4 Å². The number of aromatic nitrogens is 3. The minimum Gasteiger partial charge on any atom is -0.394 e. The zero-order chi connectivity index (χ0) is 14.7. The van der Waals surface area contributed by atoms with Crippen LogP contribution in [-0.4, -0.2) is 15.0 Å². The van der Waals surface area contributed by atoms with Crippen LogP contribution in [-0.2, 0) is 0 Å². The number of benzene rings is 2. The summed E-state index contributed by atoms with van der Waals surface area (Å²) in [5.74, 6) is 0. The van der Waals surface area contributed by atoms with Gasteiger partial charge in [0.2, 0.25) is 0 Å². The molecular weight excluding hydrogens is 264 g/mol. The number of rotatable bonds is 0. The molecule has 0 fully saturated rings. The van der Waals surface area contributed by atoms with Crippen LogP contribution in [0, 0.1) is 0 Å². The van der Waals surface area contributed by atoms with Crippen LogP contribution in [0.5, 0.6) is 0 Å². The van der Waals surface area contributed by atoms with E-state index in [1.807, 2.05) is 48.5 Å². The Bertz CT molecular complexity index is 909. The normalized spacial score (nSPS) is 10.3. The standard InChI is InChI=1S/C9H8N2O.C7H6N2/c10-7-5-6-3-1-2-4-8(6)11-9(7)12;1-2-4-7-6(3-1)8-5-9-7/h1-5H,10H2,(H,11,12);1-5H,(H,8,9). The third-order valence-electron chi connectivity index (χ3n) is 3.11. The maximum absolute atomic E-state index is 11.1. The summed E-state index contributed by atoms with van der Waals surface area (Å²) in [7, 11) is 0. The molecule has 0 unspecified atom stereocenters. The lowest BCUT2D eigenvalue weighted by Gasteiger charge is -1.97. The van der Waals surface area contributed by atoms with E-state index in [0.717, 1.165) is 21.9 Å². The van der Waals surface area contributed by atoms with E-state index < -0.39 is 0 Å². The molecule has 0 aliphatic carbocycles. The molecule has 5 nitrogen and oxygen atoms in total. The van der Waals surface area contributed by atoms with Crippen molar-refractivity contribution in [1.82, 2.24) is 15.0 Å². The van der Waals surface area contributed by atoms with E-state index in [1.165, 1.54) is 0 Å². The number of nitrogens with two attached hydrogens (primary N) is 1. The Morgan fingerprint density at radius 3 is 2.48 bits per heavy atom. The van der Waals surface area contributed by atoms with Crippen molar-refractivity contribution >= 4 is 27.6 Å². The van der Waals surface area contributed by atoms with Gasteiger partial charge in [-0.25, -0.2) is 4.98 Å². The summed E-state index contributed by atoms with van der Waals surface area (Å²) in [4.78, 5) is 20.8. The van der Waals surface area contributed by atoms with E-state index in [4.69, 9.17) is 5.73 Å². The molecule has 21 heavy (non-hydrogen) atoms. The highest BCUT2D eigenvalue weighted by molar-refractivity contribution is 5.80. The van der Waals surface area contributed by atoms with Crippen molar-refractivity contribution < 1.29 is 0 Å². The third kappa shape index (κ3) is 2.76. The van der Waals surface area contributed by atoms with Crippen molar-refractivity contribution in [1.29, 1.82) is 0 Å². The van der Waals surface area contributed by atoms with Gasteiger partial charge in [0.05, 0.1) is 23.0 Å². The van der Waals surface area contributed by atoms with Gasteiger partial charge in [-0.05, 0) is 24.3 Å². The number of aromatic amines is 2. The summed E-state index contributed by atoms with van der Waals surface area (Å²) >= 11 is 0. The van der Waals surface area contributed by atoms with Crippen LogP contribution in [0.15, 0.2) is 65.7 Å². The Hall–Kier alpha value is -3.08. The van der Waals surface area contributed by atoms with Crippen molar-refractivity contribution in [2.24, 2.45) is 0 Å². The lowest BCUT2D eigenvalue weighted by atomic mass is 10.2. The highest BCUT2D eigenvalue weighted by Crippen LogP contribution is 2.10. The molecular formula is C16H14N4O. The lowest BCUT2D eigenvalue weighted by molar-refractivity contribution is 1.31. The number of hydrogen-bond acceptors (Lipinski definition) is 3. The third-order valence-corrected chi connectivity index (χ3v) is 3.11.